The highest BCUT2D eigenvalue weighted by Crippen LogP contribution is 2.19. The highest BCUT2D eigenvalue weighted by Gasteiger charge is 2.28. The van der Waals surface area contributed by atoms with Gasteiger partial charge < -0.3 is 4.74 Å². The lowest BCUT2D eigenvalue weighted by atomic mass is 10.0. The summed E-state index contributed by atoms with van der Waals surface area (Å²) in [4.78, 5) is 0.204. The Kier molecular flexibility index (Phi) is 4.63. The molecule has 1 saturated heterocycles. The predicted octanol–water partition coefficient (Wildman–Crippen LogP) is 1.77. The maximum Gasteiger partial charge on any atom is 0.241 e. The van der Waals surface area contributed by atoms with E-state index in [2.05, 4.69) is 26.6 Å². The molecular weight excluding hydrogens is 330 g/mol. The minimum absolute atomic E-state index is 0.0372. The Morgan fingerprint density at radius 1 is 1.42 bits per heavy atom. The number of rotatable bonds is 4. The molecule has 0 spiro atoms. The maximum atomic E-state index is 12.2. The molecule has 0 bridgehead atoms. The second kappa shape index (κ2) is 6.06. The molecule has 2 rings (SSSR count). The lowest BCUT2D eigenvalue weighted by molar-refractivity contribution is 0.183. The fourth-order valence-corrected chi connectivity index (χ4v) is 3.42. The smallest absolute Gasteiger partial charge is 0.241 e. The maximum absolute atomic E-state index is 12.2. The van der Waals surface area contributed by atoms with E-state index in [0.29, 0.717) is 13.2 Å². The molecule has 6 heteroatoms. The van der Waals surface area contributed by atoms with Gasteiger partial charge in [-0.2, -0.15) is 4.72 Å². The summed E-state index contributed by atoms with van der Waals surface area (Å²) in [5.41, 5.74) is 0. The summed E-state index contributed by atoms with van der Waals surface area (Å²) in [5, 5.41) is 0. The molecule has 0 saturated carbocycles. The summed E-state index contributed by atoms with van der Waals surface area (Å²) in [5.74, 6) is 2.54. The molecule has 0 aromatic heterocycles. The van der Waals surface area contributed by atoms with E-state index in [-0.39, 0.29) is 10.8 Å². The third-order valence-electron chi connectivity index (χ3n) is 3.02. The van der Waals surface area contributed by atoms with Gasteiger partial charge in [-0.3, -0.25) is 0 Å². The van der Waals surface area contributed by atoms with Gasteiger partial charge in [0.2, 0.25) is 10.0 Å². The van der Waals surface area contributed by atoms with Crippen LogP contribution in [0.4, 0.5) is 0 Å². The molecule has 1 aromatic rings. The van der Waals surface area contributed by atoms with Gasteiger partial charge >= 0.3 is 0 Å². The first kappa shape index (κ1) is 14.5. The van der Waals surface area contributed by atoms with Gasteiger partial charge in [0.05, 0.1) is 17.5 Å². The van der Waals surface area contributed by atoms with Crippen LogP contribution in [0.5, 0.6) is 0 Å². The van der Waals surface area contributed by atoms with Crippen molar-refractivity contribution in [1.82, 2.24) is 4.72 Å². The van der Waals surface area contributed by atoms with Crippen molar-refractivity contribution in [2.75, 3.05) is 13.2 Å². The zero-order valence-electron chi connectivity index (χ0n) is 10.2. The van der Waals surface area contributed by atoms with Crippen LogP contribution < -0.4 is 4.72 Å². The Hall–Kier alpha value is -0.870. The van der Waals surface area contributed by atoms with Gasteiger partial charge in [-0.1, -0.05) is 21.9 Å². The van der Waals surface area contributed by atoms with Crippen LogP contribution in [-0.2, 0) is 14.8 Å². The van der Waals surface area contributed by atoms with Crippen molar-refractivity contribution in [3.63, 3.8) is 0 Å². The normalized spacial score (nSPS) is 20.9. The van der Waals surface area contributed by atoms with Crippen molar-refractivity contribution in [3.8, 4) is 12.3 Å². The quantitative estimate of drug-likeness (QED) is 0.847. The van der Waals surface area contributed by atoms with Crippen molar-refractivity contribution in [3.05, 3.63) is 28.7 Å². The highest BCUT2D eigenvalue weighted by molar-refractivity contribution is 9.10. The number of benzene rings is 1. The van der Waals surface area contributed by atoms with Crippen molar-refractivity contribution >= 4 is 26.0 Å². The number of halogens is 1. The fourth-order valence-electron chi connectivity index (χ4n) is 1.93. The lowest BCUT2D eigenvalue weighted by Crippen LogP contribution is -2.39. The van der Waals surface area contributed by atoms with E-state index in [1.807, 2.05) is 0 Å². The van der Waals surface area contributed by atoms with E-state index in [9.17, 15) is 8.42 Å². The predicted molar refractivity (Wildman–Crippen MR) is 76.0 cm³/mol. The van der Waals surface area contributed by atoms with E-state index in [0.717, 1.165) is 10.9 Å². The topological polar surface area (TPSA) is 55.4 Å². The fraction of sp³-hybridized carbons (Fsp3) is 0.385. The molecule has 1 aliphatic rings. The summed E-state index contributed by atoms with van der Waals surface area (Å²) >= 11 is 3.27. The minimum atomic E-state index is -3.59. The summed E-state index contributed by atoms with van der Waals surface area (Å²) in [7, 11) is -3.59. The molecule has 4 nitrogen and oxygen atoms in total. The molecule has 19 heavy (non-hydrogen) atoms. The molecule has 102 valence electrons. The SMILES string of the molecule is C#CC(NS(=O)(=O)c1ccc(Br)cc1)C1CCOC1. The van der Waals surface area contributed by atoms with Crippen LogP contribution >= 0.6 is 15.9 Å². The third-order valence-corrected chi connectivity index (χ3v) is 5.01. The van der Waals surface area contributed by atoms with Crippen LogP contribution in [0.2, 0.25) is 0 Å². The Morgan fingerprint density at radius 2 is 2.11 bits per heavy atom. The van der Waals surface area contributed by atoms with Gasteiger partial charge in [0.1, 0.15) is 0 Å². The third kappa shape index (κ3) is 3.57. The second-order valence-electron chi connectivity index (χ2n) is 4.34. The first-order valence-electron chi connectivity index (χ1n) is 5.85. The number of terminal acetylenes is 1. The van der Waals surface area contributed by atoms with Gasteiger partial charge in [0.15, 0.2) is 0 Å². The summed E-state index contributed by atoms with van der Waals surface area (Å²) in [6.45, 7) is 1.13. The Morgan fingerprint density at radius 3 is 2.63 bits per heavy atom. The van der Waals surface area contributed by atoms with E-state index >= 15 is 0 Å². The summed E-state index contributed by atoms with van der Waals surface area (Å²) < 4.78 is 33.0. The number of hydrogen-bond acceptors (Lipinski definition) is 3. The van der Waals surface area contributed by atoms with Gasteiger partial charge in [0, 0.05) is 17.0 Å². The molecule has 1 aromatic carbocycles. The Balaban J connectivity index is 2.16. The monoisotopic (exact) mass is 343 g/mol. The minimum Gasteiger partial charge on any atom is -0.381 e. The largest absolute Gasteiger partial charge is 0.381 e. The van der Waals surface area contributed by atoms with E-state index < -0.39 is 16.1 Å². The molecule has 1 heterocycles. The van der Waals surface area contributed by atoms with Crippen molar-refractivity contribution in [2.45, 2.75) is 17.4 Å². The summed E-state index contributed by atoms with van der Waals surface area (Å²) in [6, 6.07) is 5.89. The molecule has 0 amide bonds. The molecular formula is C13H14BrNO3S. The number of hydrogen-bond donors (Lipinski definition) is 1. The second-order valence-corrected chi connectivity index (χ2v) is 6.97. The van der Waals surface area contributed by atoms with Crippen molar-refractivity contribution < 1.29 is 13.2 Å². The van der Waals surface area contributed by atoms with Gasteiger partial charge in [-0.15, -0.1) is 6.42 Å². The molecule has 2 unspecified atom stereocenters. The Bertz CT molecular complexity index is 571. The first-order valence-corrected chi connectivity index (χ1v) is 8.12. The zero-order valence-corrected chi connectivity index (χ0v) is 12.6. The van der Waals surface area contributed by atoms with E-state index in [4.69, 9.17) is 11.2 Å². The number of nitrogens with one attached hydrogen (secondary N) is 1. The summed E-state index contributed by atoms with van der Waals surface area (Å²) in [6.07, 6.45) is 6.20. The van der Waals surface area contributed by atoms with Gasteiger partial charge in [-0.25, -0.2) is 8.42 Å². The van der Waals surface area contributed by atoms with E-state index in [1.54, 1.807) is 12.1 Å². The van der Waals surface area contributed by atoms with Crippen LogP contribution in [0.15, 0.2) is 33.6 Å². The number of ether oxygens (including phenoxy) is 1. The van der Waals surface area contributed by atoms with Crippen LogP contribution in [0, 0.1) is 18.3 Å². The molecule has 1 aliphatic heterocycles. The highest BCUT2D eigenvalue weighted by atomic mass is 79.9. The standard InChI is InChI=1S/C13H14BrNO3S/c1-2-13(10-7-8-18-9-10)15-19(16,17)12-5-3-11(14)4-6-12/h1,3-6,10,13,15H,7-9H2. The zero-order chi connectivity index (χ0) is 13.9. The number of sulfonamides is 1. The molecule has 1 N–H and O–H groups in total. The van der Waals surface area contributed by atoms with Crippen LogP contribution in [-0.4, -0.2) is 27.7 Å². The van der Waals surface area contributed by atoms with Crippen molar-refractivity contribution in [1.29, 1.82) is 0 Å². The molecule has 2 atom stereocenters. The van der Waals surface area contributed by atoms with Crippen LogP contribution in [0.25, 0.3) is 0 Å². The lowest BCUT2D eigenvalue weighted by Gasteiger charge is -2.18. The average molecular weight is 344 g/mol. The average Bonchev–Trinajstić information content (AvgIpc) is 2.90. The molecule has 0 radical (unpaired) electrons. The van der Waals surface area contributed by atoms with Crippen LogP contribution in [0.1, 0.15) is 6.42 Å². The van der Waals surface area contributed by atoms with Gasteiger partial charge in [-0.05, 0) is 30.7 Å². The van der Waals surface area contributed by atoms with Crippen molar-refractivity contribution in [2.24, 2.45) is 5.92 Å². The van der Waals surface area contributed by atoms with Gasteiger partial charge in [0.25, 0.3) is 0 Å². The molecule has 0 aliphatic carbocycles. The molecule has 1 fully saturated rings. The van der Waals surface area contributed by atoms with E-state index in [1.165, 1.54) is 12.1 Å². The Labute approximate surface area is 121 Å². The first-order chi connectivity index (χ1) is 9.03. The van der Waals surface area contributed by atoms with Crippen LogP contribution in [0.3, 0.4) is 0 Å².